The van der Waals surface area contributed by atoms with Crippen LogP contribution in [0.25, 0.3) is 0 Å². The molecule has 0 aliphatic heterocycles. The van der Waals surface area contributed by atoms with Gasteiger partial charge in [-0.25, -0.2) is 0 Å². The predicted molar refractivity (Wildman–Crippen MR) is 49.4 cm³/mol. The van der Waals surface area contributed by atoms with Gasteiger partial charge in [0, 0.05) is 24.8 Å². The zero-order valence-electron chi connectivity index (χ0n) is 7.50. The van der Waals surface area contributed by atoms with E-state index in [-0.39, 0.29) is 5.56 Å². The van der Waals surface area contributed by atoms with Gasteiger partial charge in [0.05, 0.1) is 0 Å². The summed E-state index contributed by atoms with van der Waals surface area (Å²) < 4.78 is 1.76. The van der Waals surface area contributed by atoms with Crippen molar-refractivity contribution in [2.75, 3.05) is 13.6 Å². The summed E-state index contributed by atoms with van der Waals surface area (Å²) in [5, 5.41) is 3.01. The summed E-state index contributed by atoms with van der Waals surface area (Å²) in [7, 11) is 1.88. The number of pyridine rings is 1. The summed E-state index contributed by atoms with van der Waals surface area (Å²) >= 11 is 0. The molecular formula is C9H14N2O. The molecule has 1 heterocycles. The minimum Gasteiger partial charge on any atom is -0.318 e. The van der Waals surface area contributed by atoms with E-state index in [1.807, 2.05) is 20.0 Å². The van der Waals surface area contributed by atoms with Crippen LogP contribution in [0.1, 0.15) is 5.69 Å². The third-order valence-electron chi connectivity index (χ3n) is 1.85. The van der Waals surface area contributed by atoms with Gasteiger partial charge >= 0.3 is 0 Å². The highest BCUT2D eigenvalue weighted by Crippen LogP contribution is 1.91. The van der Waals surface area contributed by atoms with E-state index in [2.05, 4.69) is 5.32 Å². The lowest BCUT2D eigenvalue weighted by Crippen LogP contribution is -2.26. The number of hydrogen-bond acceptors (Lipinski definition) is 2. The average molecular weight is 166 g/mol. The van der Waals surface area contributed by atoms with E-state index in [9.17, 15) is 4.79 Å². The molecule has 0 saturated carbocycles. The Bertz CT molecular complexity index is 304. The topological polar surface area (TPSA) is 34.0 Å². The van der Waals surface area contributed by atoms with Crippen LogP contribution in [0.4, 0.5) is 0 Å². The highest BCUT2D eigenvalue weighted by molar-refractivity contribution is 5.04. The normalized spacial score (nSPS) is 10.2. The molecule has 1 rings (SSSR count). The van der Waals surface area contributed by atoms with Crippen LogP contribution < -0.4 is 10.9 Å². The Morgan fingerprint density at radius 3 is 2.83 bits per heavy atom. The van der Waals surface area contributed by atoms with E-state index in [0.717, 1.165) is 18.8 Å². The quantitative estimate of drug-likeness (QED) is 0.704. The van der Waals surface area contributed by atoms with Gasteiger partial charge in [-0.05, 0) is 20.0 Å². The molecule has 1 N–H and O–H groups in total. The molecular weight excluding hydrogens is 152 g/mol. The van der Waals surface area contributed by atoms with Crippen LogP contribution in [0.2, 0.25) is 0 Å². The smallest absolute Gasteiger partial charge is 0.250 e. The molecule has 12 heavy (non-hydrogen) atoms. The fourth-order valence-electron chi connectivity index (χ4n) is 1.13. The Kier molecular flexibility index (Phi) is 3.05. The van der Waals surface area contributed by atoms with E-state index in [4.69, 9.17) is 0 Å². The third-order valence-corrected chi connectivity index (χ3v) is 1.85. The van der Waals surface area contributed by atoms with Crippen LogP contribution in [0.3, 0.4) is 0 Å². The monoisotopic (exact) mass is 166 g/mol. The van der Waals surface area contributed by atoms with Crippen LogP contribution in [0.15, 0.2) is 23.0 Å². The summed E-state index contributed by atoms with van der Waals surface area (Å²) in [5.41, 5.74) is 1.09. The van der Waals surface area contributed by atoms with Gasteiger partial charge in [0.1, 0.15) is 0 Å². The molecule has 0 atom stereocenters. The first-order chi connectivity index (χ1) is 5.75. The third kappa shape index (κ3) is 1.95. The minimum atomic E-state index is 0.0743. The SMILES string of the molecule is CNCCn1c(C)cccc1=O. The van der Waals surface area contributed by atoms with Crippen molar-refractivity contribution in [3.8, 4) is 0 Å². The number of aryl methyl sites for hydroxylation is 1. The average Bonchev–Trinajstić information content (AvgIpc) is 2.04. The second-order valence-electron chi connectivity index (χ2n) is 2.76. The van der Waals surface area contributed by atoms with Crippen molar-refractivity contribution < 1.29 is 0 Å². The molecule has 1 aromatic heterocycles. The van der Waals surface area contributed by atoms with Crippen molar-refractivity contribution in [3.05, 3.63) is 34.2 Å². The van der Waals surface area contributed by atoms with Crippen molar-refractivity contribution in [2.45, 2.75) is 13.5 Å². The zero-order valence-corrected chi connectivity index (χ0v) is 7.50. The van der Waals surface area contributed by atoms with E-state index < -0.39 is 0 Å². The van der Waals surface area contributed by atoms with Gasteiger partial charge in [-0.2, -0.15) is 0 Å². The zero-order chi connectivity index (χ0) is 8.97. The Labute approximate surface area is 72.0 Å². The molecule has 3 heteroatoms. The van der Waals surface area contributed by atoms with E-state index >= 15 is 0 Å². The molecule has 0 aromatic carbocycles. The lowest BCUT2D eigenvalue weighted by atomic mass is 10.3. The lowest BCUT2D eigenvalue weighted by Gasteiger charge is -2.07. The molecule has 3 nitrogen and oxygen atoms in total. The standard InChI is InChI=1S/C9H14N2O/c1-8-4-3-5-9(12)11(8)7-6-10-2/h3-5,10H,6-7H2,1-2H3. The van der Waals surface area contributed by atoms with Gasteiger partial charge in [-0.15, -0.1) is 0 Å². The molecule has 0 fully saturated rings. The van der Waals surface area contributed by atoms with E-state index in [1.54, 1.807) is 16.7 Å². The maximum Gasteiger partial charge on any atom is 0.250 e. The summed E-state index contributed by atoms with van der Waals surface area (Å²) in [4.78, 5) is 11.3. The Hall–Kier alpha value is -1.09. The van der Waals surface area contributed by atoms with Crippen LogP contribution >= 0.6 is 0 Å². The van der Waals surface area contributed by atoms with Crippen molar-refractivity contribution in [1.82, 2.24) is 9.88 Å². The van der Waals surface area contributed by atoms with Crippen LogP contribution in [-0.2, 0) is 6.54 Å². The van der Waals surface area contributed by atoms with Crippen molar-refractivity contribution in [3.63, 3.8) is 0 Å². The van der Waals surface area contributed by atoms with Gasteiger partial charge in [-0.3, -0.25) is 4.79 Å². The van der Waals surface area contributed by atoms with Crippen molar-refractivity contribution in [2.24, 2.45) is 0 Å². The highest BCUT2D eigenvalue weighted by Gasteiger charge is 1.96. The summed E-state index contributed by atoms with van der Waals surface area (Å²) in [6.07, 6.45) is 0. The largest absolute Gasteiger partial charge is 0.318 e. The fraction of sp³-hybridized carbons (Fsp3) is 0.444. The van der Waals surface area contributed by atoms with Gasteiger partial charge in [0.15, 0.2) is 0 Å². The minimum absolute atomic E-state index is 0.0743. The molecule has 0 bridgehead atoms. The molecule has 0 saturated heterocycles. The van der Waals surface area contributed by atoms with Gasteiger partial charge in [0.25, 0.3) is 5.56 Å². The van der Waals surface area contributed by atoms with E-state index in [0.29, 0.717) is 0 Å². The summed E-state index contributed by atoms with van der Waals surface area (Å²) in [5.74, 6) is 0. The lowest BCUT2D eigenvalue weighted by molar-refractivity contribution is 0.612. The second-order valence-corrected chi connectivity index (χ2v) is 2.76. The molecule has 1 aromatic rings. The van der Waals surface area contributed by atoms with Crippen LogP contribution in [0.5, 0.6) is 0 Å². The molecule has 0 radical (unpaired) electrons. The van der Waals surface area contributed by atoms with Crippen LogP contribution in [0, 0.1) is 6.92 Å². The first kappa shape index (κ1) is 9.00. The number of aromatic nitrogens is 1. The van der Waals surface area contributed by atoms with Crippen LogP contribution in [-0.4, -0.2) is 18.2 Å². The van der Waals surface area contributed by atoms with Gasteiger partial charge in [-0.1, -0.05) is 6.07 Å². The maximum atomic E-state index is 11.3. The van der Waals surface area contributed by atoms with Gasteiger partial charge in [0.2, 0.25) is 0 Å². The molecule has 0 aliphatic rings. The first-order valence-corrected chi connectivity index (χ1v) is 4.07. The molecule has 0 amide bonds. The molecule has 66 valence electrons. The number of rotatable bonds is 3. The number of nitrogens with zero attached hydrogens (tertiary/aromatic N) is 1. The van der Waals surface area contributed by atoms with Crippen molar-refractivity contribution >= 4 is 0 Å². The van der Waals surface area contributed by atoms with Gasteiger partial charge < -0.3 is 9.88 Å². The predicted octanol–water partition coefficient (Wildman–Crippen LogP) is 0.376. The number of nitrogens with one attached hydrogen (secondary N) is 1. The first-order valence-electron chi connectivity index (χ1n) is 4.07. The fourth-order valence-corrected chi connectivity index (χ4v) is 1.13. The van der Waals surface area contributed by atoms with Crippen molar-refractivity contribution in [1.29, 1.82) is 0 Å². The molecule has 0 unspecified atom stereocenters. The maximum absolute atomic E-state index is 11.3. The summed E-state index contributed by atoms with van der Waals surface area (Å²) in [6.45, 7) is 3.50. The molecule has 0 aliphatic carbocycles. The Balaban J connectivity index is 2.89. The second kappa shape index (κ2) is 4.07. The summed E-state index contributed by atoms with van der Waals surface area (Å²) in [6, 6.07) is 5.31. The Morgan fingerprint density at radius 1 is 1.50 bits per heavy atom. The highest BCUT2D eigenvalue weighted by atomic mass is 16.1. The number of hydrogen-bond donors (Lipinski definition) is 1. The molecule has 0 spiro atoms. The Morgan fingerprint density at radius 2 is 2.25 bits per heavy atom. The number of likely N-dealkylation sites (N-methyl/N-ethyl adjacent to an activating group) is 1. The van der Waals surface area contributed by atoms with E-state index in [1.165, 1.54) is 0 Å².